The minimum atomic E-state index is -0.996. The molecule has 8 heteroatoms. The molecule has 0 saturated carbocycles. The summed E-state index contributed by atoms with van der Waals surface area (Å²) in [4.78, 5) is 51.6. The number of carbonyl (C=O) groups is 4. The van der Waals surface area contributed by atoms with Crippen molar-refractivity contribution in [2.75, 3.05) is 6.61 Å². The molecule has 0 radical (unpaired) electrons. The normalized spacial score (nSPS) is 23.6. The summed E-state index contributed by atoms with van der Waals surface area (Å²) >= 11 is 0. The van der Waals surface area contributed by atoms with E-state index in [1.54, 1.807) is 43.3 Å². The fourth-order valence-electron chi connectivity index (χ4n) is 3.54. The molecule has 8 nitrogen and oxygen atoms in total. The van der Waals surface area contributed by atoms with Gasteiger partial charge in [0.15, 0.2) is 0 Å². The van der Waals surface area contributed by atoms with Crippen LogP contribution in [0.25, 0.3) is 0 Å². The van der Waals surface area contributed by atoms with Gasteiger partial charge in [0.25, 0.3) is 17.7 Å². The molecule has 1 saturated heterocycles. The highest BCUT2D eigenvalue weighted by molar-refractivity contribution is 6.23. The Morgan fingerprint density at radius 1 is 1.11 bits per heavy atom. The summed E-state index contributed by atoms with van der Waals surface area (Å²) in [5.41, 5.74) is 1.36. The second-order valence-electron chi connectivity index (χ2n) is 6.41. The first-order valence-corrected chi connectivity index (χ1v) is 8.58. The standard InChI is InChI=1S/C19H17N3O5/c1-3-27-19(26)20-9-8-11(2)10-14-15(18(25)22(14)20)21-16(23)12-6-4-5-7-13(12)17(21)24/h4-10,14-15H,3H2,1-2H3/t14-,15-/m1/s1. The second-order valence-corrected chi connectivity index (χ2v) is 6.41. The highest BCUT2D eigenvalue weighted by Crippen LogP contribution is 2.36. The highest BCUT2D eigenvalue weighted by atomic mass is 16.6. The molecule has 0 bridgehead atoms. The van der Waals surface area contributed by atoms with Crippen LogP contribution in [0.5, 0.6) is 0 Å². The minimum absolute atomic E-state index is 0.157. The predicted octanol–water partition coefficient (Wildman–Crippen LogP) is 1.71. The Morgan fingerprint density at radius 3 is 2.33 bits per heavy atom. The largest absolute Gasteiger partial charge is 0.448 e. The average molecular weight is 367 g/mol. The summed E-state index contributed by atoms with van der Waals surface area (Å²) < 4.78 is 5.00. The number of carbonyl (C=O) groups excluding carboxylic acids is 4. The zero-order valence-electron chi connectivity index (χ0n) is 14.8. The molecular formula is C19H17N3O5. The third-order valence-corrected chi connectivity index (χ3v) is 4.79. The van der Waals surface area contributed by atoms with E-state index in [1.165, 1.54) is 11.2 Å². The van der Waals surface area contributed by atoms with Gasteiger partial charge < -0.3 is 4.74 Å². The molecule has 138 valence electrons. The topological polar surface area (TPSA) is 87.2 Å². The first kappa shape index (κ1) is 17.0. The summed E-state index contributed by atoms with van der Waals surface area (Å²) in [5, 5.41) is 2.29. The van der Waals surface area contributed by atoms with Gasteiger partial charge in [-0.05, 0) is 32.1 Å². The van der Waals surface area contributed by atoms with Crippen molar-refractivity contribution >= 4 is 23.8 Å². The Bertz CT molecular complexity index is 900. The van der Waals surface area contributed by atoms with Crippen LogP contribution in [0.4, 0.5) is 4.79 Å². The van der Waals surface area contributed by atoms with E-state index in [-0.39, 0.29) is 17.7 Å². The zero-order chi connectivity index (χ0) is 19.3. The second kappa shape index (κ2) is 6.08. The molecule has 1 aromatic carbocycles. The van der Waals surface area contributed by atoms with Gasteiger partial charge in [0.1, 0.15) is 12.1 Å². The van der Waals surface area contributed by atoms with Crippen molar-refractivity contribution in [1.82, 2.24) is 14.9 Å². The van der Waals surface area contributed by atoms with Crippen molar-refractivity contribution in [2.45, 2.75) is 25.9 Å². The number of nitrogens with zero attached hydrogens (tertiary/aromatic N) is 3. The van der Waals surface area contributed by atoms with E-state index in [1.807, 2.05) is 6.92 Å². The van der Waals surface area contributed by atoms with Crippen molar-refractivity contribution < 1.29 is 23.9 Å². The lowest BCUT2D eigenvalue weighted by atomic mass is 9.93. The summed E-state index contributed by atoms with van der Waals surface area (Å²) in [6.45, 7) is 3.63. The molecule has 3 heterocycles. The first-order valence-electron chi connectivity index (χ1n) is 8.58. The Labute approximate surface area is 155 Å². The van der Waals surface area contributed by atoms with Crippen LogP contribution < -0.4 is 0 Å². The number of benzene rings is 1. The van der Waals surface area contributed by atoms with Crippen LogP contribution >= 0.6 is 0 Å². The molecule has 2 atom stereocenters. The van der Waals surface area contributed by atoms with Crippen LogP contribution in [0.1, 0.15) is 34.6 Å². The lowest BCUT2D eigenvalue weighted by molar-refractivity contribution is -0.172. The van der Waals surface area contributed by atoms with Gasteiger partial charge >= 0.3 is 6.09 Å². The number of hydrogen-bond acceptors (Lipinski definition) is 5. The number of fused-ring (bicyclic) bond motifs is 2. The van der Waals surface area contributed by atoms with E-state index in [0.29, 0.717) is 0 Å². The van der Waals surface area contributed by atoms with Gasteiger partial charge in [0.05, 0.1) is 17.7 Å². The van der Waals surface area contributed by atoms with E-state index in [0.717, 1.165) is 15.5 Å². The molecule has 0 aromatic heterocycles. The van der Waals surface area contributed by atoms with Crippen LogP contribution in [0, 0.1) is 0 Å². The average Bonchev–Trinajstić information content (AvgIpc) is 2.80. The van der Waals surface area contributed by atoms with Gasteiger partial charge in [-0.25, -0.2) is 9.80 Å². The monoisotopic (exact) mass is 367 g/mol. The van der Waals surface area contributed by atoms with Gasteiger partial charge in [0.2, 0.25) is 0 Å². The van der Waals surface area contributed by atoms with Crippen molar-refractivity contribution in [3.8, 4) is 0 Å². The molecule has 4 amide bonds. The number of imide groups is 1. The van der Waals surface area contributed by atoms with Crippen molar-refractivity contribution in [1.29, 1.82) is 0 Å². The maximum absolute atomic E-state index is 12.9. The third-order valence-electron chi connectivity index (χ3n) is 4.79. The Morgan fingerprint density at radius 2 is 1.74 bits per heavy atom. The van der Waals surface area contributed by atoms with Crippen LogP contribution in [0.15, 0.2) is 48.2 Å². The van der Waals surface area contributed by atoms with Crippen molar-refractivity contribution in [3.63, 3.8) is 0 Å². The van der Waals surface area contributed by atoms with Crippen molar-refractivity contribution in [3.05, 3.63) is 59.3 Å². The Hall–Kier alpha value is -3.42. The highest BCUT2D eigenvalue weighted by Gasteiger charge is 2.58. The SMILES string of the molecule is CCOC(=O)N1C=CC(C)=C[C@@H]2[C@@H](N3C(=O)c4ccccc4C3=O)C(=O)N21. The number of amides is 4. The maximum Gasteiger partial charge on any atom is 0.433 e. The maximum atomic E-state index is 12.9. The van der Waals surface area contributed by atoms with E-state index >= 15 is 0 Å². The van der Waals surface area contributed by atoms with Crippen LogP contribution in [0.2, 0.25) is 0 Å². The molecule has 1 fully saturated rings. The summed E-state index contributed by atoms with van der Waals surface area (Å²) in [6.07, 6.45) is 4.17. The third kappa shape index (κ3) is 2.37. The fraction of sp³-hybridized carbons (Fsp3) is 0.263. The van der Waals surface area contributed by atoms with Crippen LogP contribution in [0.3, 0.4) is 0 Å². The molecule has 3 aliphatic heterocycles. The molecule has 27 heavy (non-hydrogen) atoms. The molecule has 0 spiro atoms. The van der Waals surface area contributed by atoms with E-state index in [9.17, 15) is 19.2 Å². The Balaban J connectivity index is 1.69. The van der Waals surface area contributed by atoms with Crippen molar-refractivity contribution in [2.24, 2.45) is 0 Å². The molecule has 0 N–H and O–H groups in total. The summed E-state index contributed by atoms with van der Waals surface area (Å²) in [5.74, 6) is -1.52. The molecule has 0 unspecified atom stereocenters. The fourth-order valence-corrected chi connectivity index (χ4v) is 3.54. The molecule has 0 aliphatic carbocycles. The number of ether oxygens (including phenoxy) is 1. The van der Waals surface area contributed by atoms with Gasteiger partial charge in [-0.2, -0.15) is 5.01 Å². The minimum Gasteiger partial charge on any atom is -0.448 e. The van der Waals surface area contributed by atoms with Gasteiger partial charge in [0, 0.05) is 6.20 Å². The molecule has 3 aliphatic rings. The molecule has 1 aromatic rings. The summed E-state index contributed by atoms with van der Waals surface area (Å²) in [7, 11) is 0. The van der Waals surface area contributed by atoms with E-state index < -0.39 is 35.9 Å². The Kier molecular flexibility index (Phi) is 3.83. The number of hydrogen-bond donors (Lipinski definition) is 0. The number of allylic oxidation sites excluding steroid dienone is 2. The predicted molar refractivity (Wildman–Crippen MR) is 93.1 cm³/mol. The van der Waals surface area contributed by atoms with Crippen LogP contribution in [-0.2, 0) is 9.53 Å². The van der Waals surface area contributed by atoms with Gasteiger partial charge in [-0.15, -0.1) is 0 Å². The molecular weight excluding hydrogens is 350 g/mol. The lowest BCUT2D eigenvalue weighted by Crippen LogP contribution is -2.74. The molecule has 4 rings (SSSR count). The summed E-state index contributed by atoms with van der Waals surface area (Å²) in [6, 6.07) is 4.84. The van der Waals surface area contributed by atoms with Gasteiger partial charge in [-0.1, -0.05) is 23.8 Å². The number of β-lactam (4-membered cyclic amide) rings is 1. The van der Waals surface area contributed by atoms with E-state index in [4.69, 9.17) is 4.74 Å². The number of rotatable bonds is 2. The quantitative estimate of drug-likeness (QED) is 0.587. The number of hydrazine groups is 1. The van der Waals surface area contributed by atoms with Gasteiger partial charge in [-0.3, -0.25) is 19.3 Å². The smallest absolute Gasteiger partial charge is 0.433 e. The van der Waals surface area contributed by atoms with E-state index in [2.05, 4.69) is 0 Å². The van der Waals surface area contributed by atoms with Crippen LogP contribution in [-0.4, -0.2) is 57.4 Å². The first-order chi connectivity index (χ1) is 13.0. The lowest BCUT2D eigenvalue weighted by Gasteiger charge is -2.50. The zero-order valence-corrected chi connectivity index (χ0v) is 14.8.